The SMILES string of the molecule is C[N+]1(C)C2CCC1CC(O)C2.Cc1ccc(S(=O)(=O)[O-])cc1. The van der Waals surface area contributed by atoms with Crippen LogP contribution in [-0.4, -0.2) is 54.8 Å². The van der Waals surface area contributed by atoms with Crippen molar-refractivity contribution in [1.29, 1.82) is 0 Å². The van der Waals surface area contributed by atoms with Crippen LogP contribution in [0.2, 0.25) is 0 Å². The van der Waals surface area contributed by atoms with E-state index in [1.54, 1.807) is 12.1 Å². The van der Waals surface area contributed by atoms with Gasteiger partial charge in [0.2, 0.25) is 0 Å². The molecule has 2 saturated heterocycles. The average molecular weight is 327 g/mol. The van der Waals surface area contributed by atoms with Crippen molar-refractivity contribution >= 4 is 10.1 Å². The monoisotopic (exact) mass is 327 g/mol. The number of piperidine rings is 1. The smallest absolute Gasteiger partial charge is 0.124 e. The summed E-state index contributed by atoms with van der Waals surface area (Å²) >= 11 is 0. The van der Waals surface area contributed by atoms with Gasteiger partial charge in [0, 0.05) is 25.7 Å². The number of quaternary nitrogens is 1. The first-order chi connectivity index (χ1) is 10.1. The van der Waals surface area contributed by atoms with Gasteiger partial charge in [-0.3, -0.25) is 0 Å². The van der Waals surface area contributed by atoms with Crippen LogP contribution in [0.4, 0.5) is 0 Å². The molecule has 1 aromatic carbocycles. The Morgan fingerprint density at radius 3 is 1.95 bits per heavy atom. The molecule has 0 radical (unpaired) electrons. The average Bonchev–Trinajstić information content (AvgIpc) is 2.59. The van der Waals surface area contributed by atoms with Gasteiger partial charge in [-0.05, 0) is 19.1 Å². The minimum Gasteiger partial charge on any atom is -0.744 e. The van der Waals surface area contributed by atoms with Gasteiger partial charge in [-0.2, -0.15) is 0 Å². The maximum atomic E-state index is 10.4. The molecular formula is C16H25NO4S. The lowest BCUT2D eigenvalue weighted by Crippen LogP contribution is -2.55. The second-order valence-electron chi connectivity index (χ2n) is 6.91. The summed E-state index contributed by atoms with van der Waals surface area (Å²) in [5.74, 6) is 0. The van der Waals surface area contributed by atoms with E-state index < -0.39 is 10.1 Å². The molecule has 2 atom stereocenters. The fraction of sp³-hybridized carbons (Fsp3) is 0.625. The highest BCUT2D eigenvalue weighted by molar-refractivity contribution is 7.85. The zero-order chi connectivity index (χ0) is 16.5. The van der Waals surface area contributed by atoms with Gasteiger partial charge < -0.3 is 14.1 Å². The molecule has 2 fully saturated rings. The van der Waals surface area contributed by atoms with Gasteiger partial charge in [0.15, 0.2) is 0 Å². The van der Waals surface area contributed by atoms with Crippen molar-refractivity contribution in [2.45, 2.75) is 55.7 Å². The van der Waals surface area contributed by atoms with Gasteiger partial charge in [0.05, 0.1) is 37.2 Å². The van der Waals surface area contributed by atoms with E-state index in [2.05, 4.69) is 14.1 Å². The molecule has 3 rings (SSSR count). The van der Waals surface area contributed by atoms with Crippen LogP contribution in [0.15, 0.2) is 29.2 Å². The van der Waals surface area contributed by atoms with E-state index in [0.29, 0.717) is 0 Å². The molecule has 0 aromatic heterocycles. The lowest BCUT2D eigenvalue weighted by atomic mass is 9.98. The summed E-state index contributed by atoms with van der Waals surface area (Å²) in [6.07, 6.45) is 4.72. The van der Waals surface area contributed by atoms with E-state index in [1.807, 2.05) is 6.92 Å². The summed E-state index contributed by atoms with van der Waals surface area (Å²) in [6, 6.07) is 7.26. The van der Waals surface area contributed by atoms with Crippen LogP contribution >= 0.6 is 0 Å². The topological polar surface area (TPSA) is 77.4 Å². The fourth-order valence-electron chi connectivity index (χ4n) is 3.56. The quantitative estimate of drug-likeness (QED) is 0.628. The maximum Gasteiger partial charge on any atom is 0.124 e. The number of hydrogen-bond acceptors (Lipinski definition) is 4. The molecule has 6 heteroatoms. The Morgan fingerprint density at radius 1 is 1.09 bits per heavy atom. The van der Waals surface area contributed by atoms with Gasteiger partial charge in [-0.15, -0.1) is 0 Å². The molecule has 1 N–H and O–H groups in total. The van der Waals surface area contributed by atoms with E-state index in [-0.39, 0.29) is 11.0 Å². The maximum absolute atomic E-state index is 10.4. The number of nitrogens with zero attached hydrogens (tertiary/aromatic N) is 1. The van der Waals surface area contributed by atoms with Crippen LogP contribution < -0.4 is 0 Å². The Morgan fingerprint density at radius 2 is 1.55 bits per heavy atom. The highest BCUT2D eigenvalue weighted by Crippen LogP contribution is 2.39. The summed E-state index contributed by atoms with van der Waals surface area (Å²) in [5, 5.41) is 9.51. The number of hydrogen-bond donors (Lipinski definition) is 1. The Hall–Kier alpha value is -0.950. The van der Waals surface area contributed by atoms with Crippen molar-refractivity contribution < 1.29 is 22.6 Å². The Balaban J connectivity index is 0.000000160. The summed E-state index contributed by atoms with van der Waals surface area (Å²) < 4.78 is 32.3. The fourth-order valence-corrected chi connectivity index (χ4v) is 4.03. The van der Waals surface area contributed by atoms with Crippen molar-refractivity contribution in [2.24, 2.45) is 0 Å². The molecule has 2 heterocycles. The second-order valence-corrected chi connectivity index (χ2v) is 8.29. The number of aliphatic hydroxyl groups excluding tert-OH is 1. The molecule has 2 bridgehead atoms. The molecule has 0 aliphatic carbocycles. The van der Waals surface area contributed by atoms with Crippen LogP contribution in [0, 0.1) is 6.92 Å². The molecule has 22 heavy (non-hydrogen) atoms. The third kappa shape index (κ3) is 3.87. The van der Waals surface area contributed by atoms with E-state index in [0.717, 1.165) is 35.0 Å². The molecule has 5 nitrogen and oxygen atoms in total. The number of fused-ring (bicyclic) bond motifs is 2. The van der Waals surface area contributed by atoms with Gasteiger partial charge >= 0.3 is 0 Å². The summed E-state index contributed by atoms with van der Waals surface area (Å²) in [6.45, 7) is 1.82. The first-order valence-electron chi connectivity index (χ1n) is 7.64. The molecule has 0 amide bonds. The number of benzene rings is 1. The van der Waals surface area contributed by atoms with Crippen molar-refractivity contribution in [3.63, 3.8) is 0 Å². The zero-order valence-electron chi connectivity index (χ0n) is 13.4. The first-order valence-corrected chi connectivity index (χ1v) is 9.05. The normalized spacial score (nSPS) is 29.6. The Labute approximate surface area is 132 Å². The van der Waals surface area contributed by atoms with Crippen molar-refractivity contribution in [1.82, 2.24) is 0 Å². The van der Waals surface area contributed by atoms with E-state index >= 15 is 0 Å². The minimum absolute atomic E-state index is 0.00125. The molecule has 2 aliphatic rings. The van der Waals surface area contributed by atoms with Crippen LogP contribution in [0.1, 0.15) is 31.2 Å². The predicted molar refractivity (Wildman–Crippen MR) is 83.3 cm³/mol. The third-order valence-electron chi connectivity index (χ3n) is 5.11. The summed E-state index contributed by atoms with van der Waals surface area (Å²) in [4.78, 5) is -0.178. The van der Waals surface area contributed by atoms with Gasteiger partial charge in [0.25, 0.3) is 0 Å². The molecular weight excluding hydrogens is 302 g/mol. The van der Waals surface area contributed by atoms with Crippen LogP contribution in [0.25, 0.3) is 0 Å². The molecule has 2 aliphatic heterocycles. The van der Waals surface area contributed by atoms with Gasteiger partial charge in [-0.25, -0.2) is 8.42 Å². The van der Waals surface area contributed by atoms with Crippen LogP contribution in [0.5, 0.6) is 0 Å². The predicted octanol–water partition coefficient (Wildman–Crippen LogP) is 1.65. The van der Waals surface area contributed by atoms with E-state index in [9.17, 15) is 18.1 Å². The number of rotatable bonds is 1. The van der Waals surface area contributed by atoms with Crippen molar-refractivity contribution in [2.75, 3.05) is 14.1 Å². The van der Waals surface area contributed by atoms with Crippen molar-refractivity contribution in [3.8, 4) is 0 Å². The lowest BCUT2D eigenvalue weighted by molar-refractivity contribution is -0.931. The van der Waals surface area contributed by atoms with E-state index in [4.69, 9.17) is 0 Å². The van der Waals surface area contributed by atoms with Gasteiger partial charge in [-0.1, -0.05) is 17.7 Å². The number of aliphatic hydroxyl groups is 1. The largest absolute Gasteiger partial charge is 0.744 e. The first kappa shape index (κ1) is 17.4. The Kier molecular flexibility index (Phi) is 4.96. The van der Waals surface area contributed by atoms with Crippen LogP contribution in [0.3, 0.4) is 0 Å². The molecule has 1 aromatic rings. The zero-order valence-corrected chi connectivity index (χ0v) is 14.2. The molecule has 2 unspecified atom stereocenters. The third-order valence-corrected chi connectivity index (χ3v) is 5.96. The Bertz CT molecular complexity index is 594. The summed E-state index contributed by atoms with van der Waals surface area (Å²) in [7, 11) is 0.358. The second kappa shape index (κ2) is 6.28. The highest BCUT2D eigenvalue weighted by Gasteiger charge is 2.48. The van der Waals surface area contributed by atoms with Crippen molar-refractivity contribution in [3.05, 3.63) is 29.8 Å². The van der Waals surface area contributed by atoms with Crippen LogP contribution in [-0.2, 0) is 10.1 Å². The minimum atomic E-state index is -4.27. The molecule has 124 valence electrons. The van der Waals surface area contributed by atoms with E-state index in [1.165, 1.54) is 25.0 Å². The summed E-state index contributed by atoms with van der Waals surface area (Å²) in [5.41, 5.74) is 0.928. The number of aryl methyl sites for hydroxylation is 1. The van der Waals surface area contributed by atoms with Gasteiger partial charge in [0.1, 0.15) is 10.1 Å². The lowest BCUT2D eigenvalue weighted by Gasteiger charge is -2.42. The highest BCUT2D eigenvalue weighted by atomic mass is 32.2. The molecule has 0 spiro atoms. The standard InChI is InChI=1S/C9H18NO.C7H8O3S/c1-10(2)7-3-4-8(10)6-9(11)5-7;1-6-2-4-7(5-3-6)11(8,9)10/h7-9,11H,3-6H2,1-2H3;2-5H,1H3,(H,8,9,10)/q+1;/p-1. The molecule has 0 saturated carbocycles.